The maximum Gasteiger partial charge on any atom is 0.136 e. The van der Waals surface area contributed by atoms with Gasteiger partial charge in [-0.05, 0) is 34.3 Å². The summed E-state index contributed by atoms with van der Waals surface area (Å²) in [6, 6.07) is 3.47. The number of phenolic OH excluding ortho intramolecular Hbond substituents is 1. The molecule has 5 heteroatoms. The van der Waals surface area contributed by atoms with E-state index in [0.29, 0.717) is 9.50 Å². The molecule has 90 valence electrons. The minimum absolute atomic E-state index is 0. The van der Waals surface area contributed by atoms with Gasteiger partial charge in [-0.3, -0.25) is 0 Å². The smallest absolute Gasteiger partial charge is 0.136 e. The summed E-state index contributed by atoms with van der Waals surface area (Å²) in [5, 5.41) is 10.4. The van der Waals surface area contributed by atoms with E-state index in [-0.39, 0.29) is 24.2 Å². The van der Waals surface area contributed by atoms with Gasteiger partial charge in [-0.2, -0.15) is 0 Å². The second kappa shape index (κ2) is 5.58. The summed E-state index contributed by atoms with van der Waals surface area (Å²) in [4.78, 5) is 0. The van der Waals surface area contributed by atoms with Crippen molar-refractivity contribution >= 4 is 39.9 Å². The summed E-state index contributed by atoms with van der Waals surface area (Å²) in [6.45, 7) is 0. The summed E-state index contributed by atoms with van der Waals surface area (Å²) in [5.41, 5.74) is 6.81. The maximum absolute atomic E-state index is 9.87. The molecule has 1 atom stereocenters. The van der Waals surface area contributed by atoms with Crippen molar-refractivity contribution in [3.8, 4) is 5.75 Å². The monoisotopic (exact) mass is 325 g/mol. The van der Waals surface area contributed by atoms with Gasteiger partial charge in [0.1, 0.15) is 5.75 Å². The van der Waals surface area contributed by atoms with E-state index in [1.165, 1.54) is 12.8 Å². The molecule has 1 fully saturated rings. The fraction of sp³-hybridized carbons (Fsp3) is 0.455. The van der Waals surface area contributed by atoms with Crippen molar-refractivity contribution in [1.29, 1.82) is 0 Å². The van der Waals surface area contributed by atoms with Crippen LogP contribution in [0.25, 0.3) is 0 Å². The van der Waals surface area contributed by atoms with Crippen LogP contribution in [0.2, 0.25) is 5.02 Å². The van der Waals surface area contributed by atoms with E-state index in [1.807, 2.05) is 0 Å². The molecule has 1 saturated carbocycles. The van der Waals surface area contributed by atoms with E-state index in [2.05, 4.69) is 15.9 Å². The summed E-state index contributed by atoms with van der Waals surface area (Å²) in [5.74, 6) is 0.921. The van der Waals surface area contributed by atoms with Crippen LogP contribution in [0.4, 0.5) is 0 Å². The molecule has 1 aromatic carbocycles. The molecule has 0 radical (unpaired) electrons. The molecule has 2 rings (SSSR count). The summed E-state index contributed by atoms with van der Waals surface area (Å²) < 4.78 is 0.535. The predicted molar refractivity (Wildman–Crippen MR) is 72.3 cm³/mol. The summed E-state index contributed by atoms with van der Waals surface area (Å²) in [6.07, 6.45) is 3.48. The highest BCUT2D eigenvalue weighted by Crippen LogP contribution is 2.41. The molecule has 0 aliphatic heterocycles. The highest BCUT2D eigenvalue weighted by Gasteiger charge is 2.26. The molecule has 0 amide bonds. The Kier molecular flexibility index (Phi) is 4.92. The molecule has 0 heterocycles. The van der Waals surface area contributed by atoms with E-state index in [0.717, 1.165) is 17.9 Å². The third-order valence-corrected chi connectivity index (χ3v) is 4.13. The van der Waals surface area contributed by atoms with Crippen molar-refractivity contribution < 1.29 is 5.11 Å². The number of hydrogen-bond donors (Lipinski definition) is 2. The van der Waals surface area contributed by atoms with Gasteiger partial charge in [0.25, 0.3) is 0 Å². The third kappa shape index (κ3) is 3.04. The quantitative estimate of drug-likeness (QED) is 0.880. The van der Waals surface area contributed by atoms with Crippen LogP contribution in [0.1, 0.15) is 30.9 Å². The Morgan fingerprint density at radius 1 is 1.50 bits per heavy atom. The van der Waals surface area contributed by atoms with Crippen LogP contribution in [-0.4, -0.2) is 5.11 Å². The first kappa shape index (κ1) is 14.1. The number of rotatable bonds is 3. The number of halogens is 3. The Labute approximate surface area is 115 Å². The Morgan fingerprint density at radius 2 is 2.12 bits per heavy atom. The lowest BCUT2D eigenvalue weighted by molar-refractivity contribution is 0.452. The lowest BCUT2D eigenvalue weighted by Crippen LogP contribution is -2.11. The van der Waals surface area contributed by atoms with Crippen LogP contribution in [-0.2, 0) is 0 Å². The van der Waals surface area contributed by atoms with Crippen LogP contribution < -0.4 is 5.73 Å². The second-order valence-corrected chi connectivity index (χ2v) is 5.28. The molecule has 0 bridgehead atoms. The van der Waals surface area contributed by atoms with E-state index < -0.39 is 0 Å². The van der Waals surface area contributed by atoms with Crippen LogP contribution in [0.5, 0.6) is 5.75 Å². The minimum Gasteiger partial charge on any atom is -0.506 e. The largest absolute Gasteiger partial charge is 0.506 e. The maximum atomic E-state index is 9.87. The van der Waals surface area contributed by atoms with Crippen molar-refractivity contribution in [3.05, 3.63) is 27.2 Å². The SMILES string of the molecule is Cl.N[C@@H](CC1CC1)c1ccc(Cl)c(Br)c1O. The Morgan fingerprint density at radius 3 is 2.69 bits per heavy atom. The van der Waals surface area contributed by atoms with Gasteiger partial charge in [0.05, 0.1) is 9.50 Å². The van der Waals surface area contributed by atoms with Crippen molar-refractivity contribution in [1.82, 2.24) is 0 Å². The normalized spacial score (nSPS) is 16.7. The molecule has 2 nitrogen and oxygen atoms in total. The van der Waals surface area contributed by atoms with Gasteiger partial charge < -0.3 is 10.8 Å². The molecule has 1 aliphatic rings. The van der Waals surface area contributed by atoms with Gasteiger partial charge in [0.15, 0.2) is 0 Å². The fourth-order valence-corrected chi connectivity index (χ4v) is 2.21. The molecule has 16 heavy (non-hydrogen) atoms. The first-order chi connectivity index (χ1) is 7.09. The molecule has 1 aromatic rings. The molecule has 1 aliphatic carbocycles. The lowest BCUT2D eigenvalue weighted by Gasteiger charge is -2.14. The number of benzene rings is 1. The van der Waals surface area contributed by atoms with Gasteiger partial charge in [-0.1, -0.05) is 30.5 Å². The number of nitrogens with two attached hydrogens (primary N) is 1. The zero-order chi connectivity index (χ0) is 11.0. The zero-order valence-electron chi connectivity index (χ0n) is 8.62. The van der Waals surface area contributed by atoms with Gasteiger partial charge in [0.2, 0.25) is 0 Å². The first-order valence-corrected chi connectivity index (χ1v) is 6.19. The van der Waals surface area contributed by atoms with Crippen molar-refractivity contribution in [3.63, 3.8) is 0 Å². The van der Waals surface area contributed by atoms with Gasteiger partial charge >= 0.3 is 0 Å². The van der Waals surface area contributed by atoms with E-state index in [9.17, 15) is 5.11 Å². The van der Waals surface area contributed by atoms with Gasteiger partial charge in [0, 0.05) is 11.6 Å². The van der Waals surface area contributed by atoms with Crippen molar-refractivity contribution in [2.45, 2.75) is 25.3 Å². The Hall–Kier alpha value is 0.0400. The fourth-order valence-electron chi connectivity index (χ4n) is 1.69. The number of aromatic hydroxyl groups is 1. The summed E-state index contributed by atoms with van der Waals surface area (Å²) >= 11 is 9.10. The highest BCUT2D eigenvalue weighted by molar-refractivity contribution is 9.10. The molecular formula is C11H14BrCl2NO. The standard InChI is InChI=1S/C11H13BrClNO.ClH/c12-10-8(13)4-3-7(11(10)15)9(14)5-6-1-2-6;/h3-4,6,9,15H,1-2,5,14H2;1H/t9-;/m0./s1. The zero-order valence-corrected chi connectivity index (χ0v) is 11.8. The van der Waals surface area contributed by atoms with Gasteiger partial charge in [-0.25, -0.2) is 0 Å². The van der Waals surface area contributed by atoms with Crippen LogP contribution >= 0.6 is 39.9 Å². The molecule has 0 aromatic heterocycles. The van der Waals surface area contributed by atoms with E-state index in [4.69, 9.17) is 17.3 Å². The average molecular weight is 327 g/mol. The molecule has 3 N–H and O–H groups in total. The van der Waals surface area contributed by atoms with Crippen molar-refractivity contribution in [2.24, 2.45) is 11.7 Å². The average Bonchev–Trinajstić information content (AvgIpc) is 2.98. The lowest BCUT2D eigenvalue weighted by atomic mass is 10.0. The Balaban J connectivity index is 0.00000128. The Bertz CT molecular complexity index is 382. The van der Waals surface area contributed by atoms with Crippen LogP contribution in [0.15, 0.2) is 16.6 Å². The number of phenols is 1. The second-order valence-electron chi connectivity index (χ2n) is 4.08. The number of hydrogen-bond acceptors (Lipinski definition) is 2. The molecular weight excluding hydrogens is 313 g/mol. The third-order valence-electron chi connectivity index (χ3n) is 2.78. The molecule has 0 saturated heterocycles. The topological polar surface area (TPSA) is 46.2 Å². The van der Waals surface area contributed by atoms with Crippen molar-refractivity contribution in [2.75, 3.05) is 0 Å². The van der Waals surface area contributed by atoms with E-state index in [1.54, 1.807) is 12.1 Å². The highest BCUT2D eigenvalue weighted by atomic mass is 79.9. The summed E-state index contributed by atoms with van der Waals surface area (Å²) in [7, 11) is 0. The minimum atomic E-state index is -0.0916. The first-order valence-electron chi connectivity index (χ1n) is 5.02. The van der Waals surface area contributed by atoms with Crippen LogP contribution in [0.3, 0.4) is 0 Å². The molecule has 0 unspecified atom stereocenters. The van der Waals surface area contributed by atoms with Crippen LogP contribution in [0, 0.1) is 5.92 Å². The predicted octanol–water partition coefficient (Wildman–Crippen LogP) is 4.03. The van der Waals surface area contributed by atoms with E-state index >= 15 is 0 Å². The van der Waals surface area contributed by atoms with Gasteiger partial charge in [-0.15, -0.1) is 12.4 Å². The molecule has 0 spiro atoms.